The number of rotatable bonds is 5. The Bertz CT molecular complexity index is 1080. The first-order valence-electron chi connectivity index (χ1n) is 9.02. The summed E-state index contributed by atoms with van der Waals surface area (Å²) in [6, 6.07) is 17.7. The van der Waals surface area contributed by atoms with Crippen molar-refractivity contribution in [3.05, 3.63) is 83.1 Å². The minimum atomic E-state index is -0.0548. The van der Waals surface area contributed by atoms with Crippen LogP contribution in [-0.2, 0) is 11.2 Å². The van der Waals surface area contributed by atoms with Crippen LogP contribution in [0.1, 0.15) is 17.0 Å². The fourth-order valence-electron chi connectivity index (χ4n) is 3.18. The molecule has 5 nitrogen and oxygen atoms in total. The van der Waals surface area contributed by atoms with Gasteiger partial charge in [-0.2, -0.15) is 5.10 Å². The minimum Gasteiger partial charge on any atom is -0.326 e. The largest absolute Gasteiger partial charge is 0.326 e. The Hall–Kier alpha value is -3.25. The normalized spacial score (nSPS) is 10.8. The number of para-hydroxylation sites is 1. The summed E-state index contributed by atoms with van der Waals surface area (Å²) in [6.45, 7) is 3.94. The van der Waals surface area contributed by atoms with E-state index in [2.05, 4.69) is 15.4 Å². The van der Waals surface area contributed by atoms with Crippen LogP contribution in [0.2, 0.25) is 0 Å². The van der Waals surface area contributed by atoms with Gasteiger partial charge < -0.3 is 5.32 Å². The van der Waals surface area contributed by atoms with Crippen molar-refractivity contribution in [2.24, 2.45) is 0 Å². The van der Waals surface area contributed by atoms with Crippen molar-refractivity contribution in [1.82, 2.24) is 14.8 Å². The molecule has 4 aromatic rings. The van der Waals surface area contributed by atoms with Gasteiger partial charge in [-0.3, -0.25) is 4.79 Å². The van der Waals surface area contributed by atoms with Gasteiger partial charge in [0.15, 0.2) is 0 Å². The molecule has 28 heavy (non-hydrogen) atoms. The molecule has 0 bridgehead atoms. The summed E-state index contributed by atoms with van der Waals surface area (Å²) in [5.74, 6) is -0.0548. The lowest BCUT2D eigenvalue weighted by atomic mass is 10.1. The molecule has 1 N–H and O–H groups in total. The smallest absolute Gasteiger partial charge is 0.228 e. The zero-order chi connectivity index (χ0) is 19.5. The van der Waals surface area contributed by atoms with Crippen molar-refractivity contribution in [2.45, 2.75) is 20.3 Å². The van der Waals surface area contributed by atoms with Gasteiger partial charge in [-0.1, -0.05) is 18.2 Å². The van der Waals surface area contributed by atoms with Crippen molar-refractivity contribution < 1.29 is 4.79 Å². The van der Waals surface area contributed by atoms with Crippen LogP contribution in [0.3, 0.4) is 0 Å². The number of hydrogen-bond donors (Lipinski definition) is 1. The average molecular weight is 388 g/mol. The predicted molar refractivity (Wildman–Crippen MR) is 113 cm³/mol. The Morgan fingerprint density at radius 3 is 2.50 bits per heavy atom. The maximum Gasteiger partial charge on any atom is 0.228 e. The Morgan fingerprint density at radius 1 is 1.07 bits per heavy atom. The number of amides is 1. The van der Waals surface area contributed by atoms with Gasteiger partial charge in [-0.15, -0.1) is 11.3 Å². The Labute approximate surface area is 167 Å². The standard InChI is InChI=1S/C22H20N4OS/c1-15-20(16(2)26(25-15)19-6-4-3-5-7-19)14-21(27)24-18-10-8-17(9-11-18)22-23-12-13-28-22/h3-13H,14H2,1-2H3,(H,24,27). The van der Waals surface area contributed by atoms with Crippen LogP contribution in [0.25, 0.3) is 16.3 Å². The van der Waals surface area contributed by atoms with E-state index in [9.17, 15) is 4.79 Å². The third-order valence-corrected chi connectivity index (χ3v) is 5.45. The molecule has 0 aliphatic rings. The molecular formula is C22H20N4OS. The van der Waals surface area contributed by atoms with Gasteiger partial charge in [0.1, 0.15) is 5.01 Å². The lowest BCUT2D eigenvalue weighted by Crippen LogP contribution is -2.15. The molecule has 0 spiro atoms. The second-order valence-corrected chi connectivity index (χ2v) is 7.43. The van der Waals surface area contributed by atoms with E-state index in [0.717, 1.165) is 38.9 Å². The highest BCUT2D eigenvalue weighted by Gasteiger charge is 2.16. The number of carbonyl (C=O) groups excluding carboxylic acids is 1. The van der Waals surface area contributed by atoms with Crippen LogP contribution in [-0.4, -0.2) is 20.7 Å². The number of anilines is 1. The van der Waals surface area contributed by atoms with Gasteiger partial charge in [0.05, 0.1) is 17.8 Å². The monoisotopic (exact) mass is 388 g/mol. The van der Waals surface area contributed by atoms with E-state index in [1.54, 1.807) is 17.5 Å². The second-order valence-electron chi connectivity index (χ2n) is 6.54. The van der Waals surface area contributed by atoms with E-state index in [1.165, 1.54) is 0 Å². The quantitative estimate of drug-likeness (QED) is 0.534. The van der Waals surface area contributed by atoms with E-state index in [4.69, 9.17) is 0 Å². The van der Waals surface area contributed by atoms with Crippen molar-refractivity contribution >= 4 is 22.9 Å². The third-order valence-electron chi connectivity index (χ3n) is 4.63. The Morgan fingerprint density at radius 2 is 1.82 bits per heavy atom. The summed E-state index contributed by atoms with van der Waals surface area (Å²) < 4.78 is 1.89. The van der Waals surface area contributed by atoms with E-state index in [1.807, 2.05) is 78.5 Å². The van der Waals surface area contributed by atoms with E-state index in [-0.39, 0.29) is 5.91 Å². The van der Waals surface area contributed by atoms with Crippen molar-refractivity contribution in [3.8, 4) is 16.3 Å². The molecule has 0 saturated heterocycles. The van der Waals surface area contributed by atoms with Crippen LogP contribution >= 0.6 is 11.3 Å². The molecule has 6 heteroatoms. The molecule has 2 aromatic carbocycles. The fraction of sp³-hybridized carbons (Fsp3) is 0.136. The summed E-state index contributed by atoms with van der Waals surface area (Å²) in [5.41, 5.74) is 5.63. The molecule has 0 aliphatic carbocycles. The first-order valence-corrected chi connectivity index (χ1v) is 9.90. The Balaban J connectivity index is 1.48. The SMILES string of the molecule is Cc1nn(-c2ccccc2)c(C)c1CC(=O)Nc1ccc(-c2nccs2)cc1. The molecular weight excluding hydrogens is 368 g/mol. The van der Waals surface area contributed by atoms with Crippen LogP contribution in [0, 0.1) is 13.8 Å². The zero-order valence-electron chi connectivity index (χ0n) is 15.7. The van der Waals surface area contributed by atoms with Gasteiger partial charge in [0.2, 0.25) is 5.91 Å². The van der Waals surface area contributed by atoms with E-state index < -0.39 is 0 Å². The first-order chi connectivity index (χ1) is 13.6. The maximum absolute atomic E-state index is 12.6. The van der Waals surface area contributed by atoms with Crippen LogP contribution in [0.15, 0.2) is 66.2 Å². The molecule has 0 atom stereocenters. The third kappa shape index (κ3) is 3.73. The van der Waals surface area contributed by atoms with Crippen LogP contribution in [0.4, 0.5) is 5.69 Å². The molecule has 2 heterocycles. The number of aromatic nitrogens is 3. The molecule has 140 valence electrons. The predicted octanol–water partition coefficient (Wildman–Crippen LogP) is 4.79. The zero-order valence-corrected chi connectivity index (χ0v) is 16.5. The van der Waals surface area contributed by atoms with Crippen molar-refractivity contribution in [3.63, 3.8) is 0 Å². The number of nitrogens with zero attached hydrogens (tertiary/aromatic N) is 3. The number of nitrogens with one attached hydrogen (secondary N) is 1. The minimum absolute atomic E-state index is 0.0548. The summed E-state index contributed by atoms with van der Waals surface area (Å²) >= 11 is 1.59. The number of hydrogen-bond acceptors (Lipinski definition) is 4. The van der Waals surface area contributed by atoms with Crippen molar-refractivity contribution in [1.29, 1.82) is 0 Å². The molecule has 1 amide bonds. The number of carbonyl (C=O) groups is 1. The highest BCUT2D eigenvalue weighted by atomic mass is 32.1. The number of aryl methyl sites for hydroxylation is 1. The maximum atomic E-state index is 12.6. The summed E-state index contributed by atoms with van der Waals surface area (Å²) in [5, 5.41) is 10.5. The first kappa shape index (κ1) is 18.1. The number of benzene rings is 2. The van der Waals surface area contributed by atoms with Crippen LogP contribution in [0.5, 0.6) is 0 Å². The van der Waals surface area contributed by atoms with Gasteiger partial charge in [0.25, 0.3) is 0 Å². The van der Waals surface area contributed by atoms with Gasteiger partial charge in [-0.05, 0) is 50.2 Å². The van der Waals surface area contributed by atoms with Crippen LogP contribution < -0.4 is 5.32 Å². The highest BCUT2D eigenvalue weighted by molar-refractivity contribution is 7.13. The topological polar surface area (TPSA) is 59.8 Å². The molecule has 2 aromatic heterocycles. The molecule has 0 radical (unpaired) electrons. The molecule has 0 fully saturated rings. The average Bonchev–Trinajstić information content (AvgIpc) is 3.34. The van der Waals surface area contributed by atoms with E-state index >= 15 is 0 Å². The summed E-state index contributed by atoms with van der Waals surface area (Å²) in [6.07, 6.45) is 2.08. The highest BCUT2D eigenvalue weighted by Crippen LogP contribution is 2.24. The number of thiazole rings is 1. The molecule has 0 aliphatic heterocycles. The van der Waals surface area contributed by atoms with Gasteiger partial charge >= 0.3 is 0 Å². The van der Waals surface area contributed by atoms with Gasteiger partial charge in [-0.25, -0.2) is 9.67 Å². The summed E-state index contributed by atoms with van der Waals surface area (Å²) in [7, 11) is 0. The lowest BCUT2D eigenvalue weighted by Gasteiger charge is -2.07. The summed E-state index contributed by atoms with van der Waals surface area (Å²) in [4.78, 5) is 16.9. The second kappa shape index (κ2) is 7.78. The molecule has 4 rings (SSSR count). The lowest BCUT2D eigenvalue weighted by molar-refractivity contribution is -0.115. The molecule has 0 saturated carbocycles. The van der Waals surface area contributed by atoms with Crippen molar-refractivity contribution in [2.75, 3.05) is 5.32 Å². The van der Waals surface area contributed by atoms with E-state index in [0.29, 0.717) is 6.42 Å². The fourth-order valence-corrected chi connectivity index (χ4v) is 3.82. The van der Waals surface area contributed by atoms with Gasteiger partial charge in [0, 0.05) is 34.1 Å². The molecule has 0 unspecified atom stereocenters. The Kier molecular flexibility index (Phi) is 5.04.